The lowest BCUT2D eigenvalue weighted by molar-refractivity contribution is 0.0615. The Kier molecular flexibility index (Phi) is 5.98. The van der Waals surface area contributed by atoms with Gasteiger partial charge < -0.3 is 4.90 Å². The predicted molar refractivity (Wildman–Crippen MR) is 102 cm³/mol. The zero-order valence-corrected chi connectivity index (χ0v) is 16.3. The number of hydrogen-bond donors (Lipinski definition) is 0. The summed E-state index contributed by atoms with van der Waals surface area (Å²) in [5, 5.41) is 0.721. The van der Waals surface area contributed by atoms with Gasteiger partial charge in [-0.2, -0.15) is 0 Å². The highest BCUT2D eigenvalue weighted by atomic mass is 32.2. The first kappa shape index (κ1) is 18.9. The molecule has 5 nitrogen and oxygen atoms in total. The Bertz CT molecular complexity index is 751. The summed E-state index contributed by atoms with van der Waals surface area (Å²) in [6.07, 6.45) is 3.54. The van der Waals surface area contributed by atoms with Crippen LogP contribution in [0.5, 0.6) is 0 Å². The second-order valence-corrected chi connectivity index (χ2v) is 7.70. The molecule has 2 aromatic rings. The molecule has 2 heterocycles. The average molecular weight is 377 g/mol. The molecule has 0 bridgehead atoms. The smallest absolute Gasteiger partial charge is 0.272 e. The molecular weight excluding hydrogens is 351 g/mol. The van der Waals surface area contributed by atoms with Crippen molar-refractivity contribution in [2.24, 2.45) is 5.92 Å². The molecule has 1 amide bonds. The number of carbonyl (C=O) groups excluding carboxylic acids is 1. The van der Waals surface area contributed by atoms with E-state index >= 15 is 0 Å². The van der Waals surface area contributed by atoms with E-state index in [0.29, 0.717) is 11.6 Å². The third kappa shape index (κ3) is 4.10. The minimum absolute atomic E-state index is 0.0219. The zero-order valence-electron chi connectivity index (χ0n) is 15.5. The SMILES string of the molecule is CSc1ncc(C(=O)N2CCN(CC(C)C)CC2)n1-c1ccc(F)cc1. The molecule has 0 radical (unpaired) electrons. The molecule has 0 spiro atoms. The van der Waals surface area contributed by atoms with Crippen LogP contribution in [0.15, 0.2) is 35.6 Å². The van der Waals surface area contributed by atoms with Crippen LogP contribution in [-0.4, -0.2) is 64.2 Å². The van der Waals surface area contributed by atoms with Gasteiger partial charge >= 0.3 is 0 Å². The van der Waals surface area contributed by atoms with Crippen LogP contribution in [0.4, 0.5) is 4.39 Å². The first-order chi connectivity index (χ1) is 12.5. The molecule has 1 aliphatic heterocycles. The van der Waals surface area contributed by atoms with E-state index in [9.17, 15) is 9.18 Å². The monoisotopic (exact) mass is 376 g/mol. The van der Waals surface area contributed by atoms with Gasteiger partial charge in [0.1, 0.15) is 11.5 Å². The molecule has 140 valence electrons. The molecule has 0 N–H and O–H groups in total. The normalized spacial score (nSPS) is 15.7. The predicted octanol–water partition coefficient (Wildman–Crippen LogP) is 3.15. The molecule has 7 heteroatoms. The molecule has 26 heavy (non-hydrogen) atoms. The summed E-state index contributed by atoms with van der Waals surface area (Å²) in [6, 6.07) is 6.15. The summed E-state index contributed by atoms with van der Waals surface area (Å²) in [4.78, 5) is 21.7. The average Bonchev–Trinajstić information content (AvgIpc) is 3.06. The first-order valence-electron chi connectivity index (χ1n) is 8.89. The molecule has 1 aromatic heterocycles. The Morgan fingerprint density at radius 3 is 2.42 bits per heavy atom. The van der Waals surface area contributed by atoms with E-state index in [1.807, 2.05) is 15.7 Å². The number of carbonyl (C=O) groups is 1. The lowest BCUT2D eigenvalue weighted by atomic mass is 10.2. The number of imidazole rings is 1. The Hall–Kier alpha value is -1.86. The van der Waals surface area contributed by atoms with E-state index < -0.39 is 0 Å². The molecule has 1 aromatic carbocycles. The van der Waals surface area contributed by atoms with Crippen molar-refractivity contribution in [1.29, 1.82) is 0 Å². The van der Waals surface area contributed by atoms with Gasteiger partial charge in [0.05, 0.1) is 6.20 Å². The number of piperazine rings is 1. The Morgan fingerprint density at radius 2 is 1.85 bits per heavy atom. The van der Waals surface area contributed by atoms with E-state index in [2.05, 4.69) is 23.7 Å². The Labute approximate surface area is 158 Å². The molecule has 0 atom stereocenters. The molecule has 1 aliphatic rings. The summed E-state index contributed by atoms with van der Waals surface area (Å²) >= 11 is 1.47. The quantitative estimate of drug-likeness (QED) is 0.752. The minimum atomic E-state index is -0.297. The maximum atomic E-state index is 13.3. The van der Waals surface area contributed by atoms with Crippen molar-refractivity contribution in [2.75, 3.05) is 39.0 Å². The maximum absolute atomic E-state index is 13.3. The van der Waals surface area contributed by atoms with Gasteiger partial charge in [0.2, 0.25) is 0 Å². The van der Waals surface area contributed by atoms with Crippen LogP contribution >= 0.6 is 11.8 Å². The zero-order chi connectivity index (χ0) is 18.7. The number of rotatable bonds is 5. The summed E-state index contributed by atoms with van der Waals surface area (Å²) < 4.78 is 15.1. The molecule has 0 unspecified atom stereocenters. The number of nitrogens with zero attached hydrogens (tertiary/aromatic N) is 4. The standard InChI is InChI=1S/C19H25FN4OS/c1-14(2)13-22-8-10-23(11-9-22)18(25)17-12-21-19(26-3)24(17)16-6-4-15(20)5-7-16/h4-7,12,14H,8-11,13H2,1-3H3. The van der Waals surface area contributed by atoms with E-state index in [0.717, 1.165) is 43.6 Å². The van der Waals surface area contributed by atoms with Crippen molar-refractivity contribution in [3.63, 3.8) is 0 Å². The summed E-state index contributed by atoms with van der Waals surface area (Å²) in [5.74, 6) is 0.307. The van der Waals surface area contributed by atoms with E-state index in [-0.39, 0.29) is 11.7 Å². The summed E-state index contributed by atoms with van der Waals surface area (Å²) in [7, 11) is 0. The van der Waals surface area contributed by atoms with Gasteiger partial charge in [-0.3, -0.25) is 14.3 Å². The van der Waals surface area contributed by atoms with Gasteiger partial charge in [-0.25, -0.2) is 9.37 Å². The van der Waals surface area contributed by atoms with Crippen LogP contribution < -0.4 is 0 Å². The lowest BCUT2D eigenvalue weighted by Gasteiger charge is -2.35. The number of aromatic nitrogens is 2. The summed E-state index contributed by atoms with van der Waals surface area (Å²) in [6.45, 7) is 8.70. The van der Waals surface area contributed by atoms with Gasteiger partial charge in [-0.15, -0.1) is 0 Å². The highest BCUT2D eigenvalue weighted by Gasteiger charge is 2.26. The fraction of sp³-hybridized carbons (Fsp3) is 0.474. The third-order valence-electron chi connectivity index (χ3n) is 4.50. The van der Waals surface area contributed by atoms with E-state index in [1.54, 1.807) is 18.3 Å². The van der Waals surface area contributed by atoms with Crippen LogP contribution in [0, 0.1) is 11.7 Å². The fourth-order valence-corrected chi connectivity index (χ4v) is 3.83. The van der Waals surface area contributed by atoms with Crippen LogP contribution in [0.3, 0.4) is 0 Å². The molecule has 0 aliphatic carbocycles. The van der Waals surface area contributed by atoms with Crippen molar-refractivity contribution in [3.8, 4) is 5.69 Å². The fourth-order valence-electron chi connectivity index (χ4n) is 3.28. The second kappa shape index (κ2) is 8.22. The number of thioether (sulfide) groups is 1. The minimum Gasteiger partial charge on any atom is -0.335 e. The third-order valence-corrected chi connectivity index (χ3v) is 5.15. The van der Waals surface area contributed by atoms with Crippen molar-refractivity contribution in [1.82, 2.24) is 19.4 Å². The first-order valence-corrected chi connectivity index (χ1v) is 10.1. The maximum Gasteiger partial charge on any atom is 0.272 e. The van der Waals surface area contributed by atoms with Gasteiger partial charge in [0.15, 0.2) is 5.16 Å². The highest BCUT2D eigenvalue weighted by molar-refractivity contribution is 7.98. The Balaban J connectivity index is 1.80. The largest absolute Gasteiger partial charge is 0.335 e. The van der Waals surface area contributed by atoms with Gasteiger partial charge in [0.25, 0.3) is 5.91 Å². The molecular formula is C19H25FN4OS. The number of hydrogen-bond acceptors (Lipinski definition) is 4. The van der Waals surface area contributed by atoms with E-state index in [4.69, 9.17) is 0 Å². The molecule has 1 fully saturated rings. The van der Waals surface area contributed by atoms with Crippen molar-refractivity contribution >= 4 is 17.7 Å². The molecule has 1 saturated heterocycles. The van der Waals surface area contributed by atoms with Gasteiger partial charge in [-0.05, 0) is 36.4 Å². The molecule has 3 rings (SSSR count). The van der Waals surface area contributed by atoms with E-state index in [1.165, 1.54) is 23.9 Å². The lowest BCUT2D eigenvalue weighted by Crippen LogP contribution is -2.49. The van der Waals surface area contributed by atoms with Crippen LogP contribution in [0.2, 0.25) is 0 Å². The van der Waals surface area contributed by atoms with Crippen molar-refractivity contribution in [2.45, 2.75) is 19.0 Å². The van der Waals surface area contributed by atoms with Gasteiger partial charge in [0, 0.05) is 38.4 Å². The Morgan fingerprint density at radius 1 is 1.19 bits per heavy atom. The number of benzene rings is 1. The van der Waals surface area contributed by atoms with Crippen LogP contribution in [0.1, 0.15) is 24.3 Å². The topological polar surface area (TPSA) is 41.4 Å². The highest BCUT2D eigenvalue weighted by Crippen LogP contribution is 2.23. The van der Waals surface area contributed by atoms with Crippen molar-refractivity contribution in [3.05, 3.63) is 42.0 Å². The second-order valence-electron chi connectivity index (χ2n) is 6.93. The van der Waals surface area contributed by atoms with Crippen LogP contribution in [-0.2, 0) is 0 Å². The van der Waals surface area contributed by atoms with Crippen LogP contribution in [0.25, 0.3) is 5.69 Å². The summed E-state index contributed by atoms with van der Waals surface area (Å²) in [5.41, 5.74) is 1.27. The van der Waals surface area contributed by atoms with Gasteiger partial charge in [-0.1, -0.05) is 25.6 Å². The number of amides is 1. The number of halogens is 1. The van der Waals surface area contributed by atoms with Crippen molar-refractivity contribution < 1.29 is 9.18 Å². The molecule has 0 saturated carbocycles.